The summed E-state index contributed by atoms with van der Waals surface area (Å²) in [4.78, 5) is 22.1. The summed E-state index contributed by atoms with van der Waals surface area (Å²) in [6.45, 7) is 0.00229. The van der Waals surface area contributed by atoms with Crippen molar-refractivity contribution in [1.82, 2.24) is 5.43 Å². The molecule has 2 heterocycles. The number of nitro groups is 1. The second-order valence-corrected chi connectivity index (χ2v) is 4.20. The van der Waals surface area contributed by atoms with Gasteiger partial charge in [-0.15, -0.1) is 0 Å². The molecule has 0 atom stereocenters. The molecule has 1 aliphatic heterocycles. The van der Waals surface area contributed by atoms with Gasteiger partial charge in [-0.2, -0.15) is 5.10 Å². The Morgan fingerprint density at radius 2 is 2.14 bits per heavy atom. The highest BCUT2D eigenvalue weighted by atomic mass is 16.7. The van der Waals surface area contributed by atoms with Crippen LogP contribution >= 0.6 is 0 Å². The molecule has 0 saturated carbocycles. The second kappa shape index (κ2) is 5.56. The number of amides is 1. The van der Waals surface area contributed by atoms with Crippen LogP contribution < -0.4 is 14.9 Å². The zero-order valence-electron chi connectivity index (χ0n) is 11.0. The van der Waals surface area contributed by atoms with Gasteiger partial charge in [0.05, 0.1) is 29.0 Å². The van der Waals surface area contributed by atoms with E-state index in [9.17, 15) is 14.9 Å². The van der Waals surface area contributed by atoms with Crippen molar-refractivity contribution in [1.29, 1.82) is 0 Å². The highest BCUT2D eigenvalue weighted by Gasteiger charge is 2.22. The lowest BCUT2D eigenvalue weighted by Crippen LogP contribution is -2.16. The molecule has 0 bridgehead atoms. The van der Waals surface area contributed by atoms with Crippen molar-refractivity contribution < 1.29 is 23.6 Å². The van der Waals surface area contributed by atoms with Gasteiger partial charge in [0, 0.05) is 0 Å². The lowest BCUT2D eigenvalue weighted by Gasteiger charge is -2.00. The summed E-state index contributed by atoms with van der Waals surface area (Å²) in [6, 6.07) is 5.69. The molecule has 1 aromatic heterocycles. The Labute approximate surface area is 123 Å². The molecule has 1 aromatic carbocycles. The summed E-state index contributed by atoms with van der Waals surface area (Å²) < 4.78 is 15.1. The van der Waals surface area contributed by atoms with E-state index in [1.807, 2.05) is 0 Å². The molecule has 0 saturated heterocycles. The van der Waals surface area contributed by atoms with E-state index in [0.717, 1.165) is 6.21 Å². The summed E-state index contributed by atoms with van der Waals surface area (Å²) in [7, 11) is 0. The Morgan fingerprint density at radius 3 is 2.82 bits per heavy atom. The van der Waals surface area contributed by atoms with Gasteiger partial charge in [0.1, 0.15) is 0 Å². The zero-order chi connectivity index (χ0) is 15.5. The van der Waals surface area contributed by atoms with Crippen molar-refractivity contribution in [2.24, 2.45) is 5.10 Å². The molecule has 22 heavy (non-hydrogen) atoms. The standard InChI is InChI=1S/C13H9N3O6/c17-13(10-2-1-3-20-10)15-14-6-8-4-11-12(22-7-21-11)5-9(8)16(18)19/h1-6H,7H2,(H,15,17)/b14-6+. The van der Waals surface area contributed by atoms with E-state index in [0.29, 0.717) is 11.5 Å². The molecular formula is C13H9N3O6. The summed E-state index contributed by atoms with van der Waals surface area (Å²) >= 11 is 0. The van der Waals surface area contributed by atoms with Gasteiger partial charge < -0.3 is 13.9 Å². The molecule has 9 nitrogen and oxygen atoms in total. The fraction of sp³-hybridized carbons (Fsp3) is 0.0769. The molecule has 1 N–H and O–H groups in total. The first-order valence-corrected chi connectivity index (χ1v) is 6.10. The third kappa shape index (κ3) is 2.59. The molecule has 1 amide bonds. The number of nitrogens with one attached hydrogen (secondary N) is 1. The van der Waals surface area contributed by atoms with Crippen LogP contribution in [0.5, 0.6) is 11.5 Å². The predicted octanol–water partition coefficient (Wildman–Crippen LogP) is 1.68. The number of carbonyl (C=O) groups is 1. The van der Waals surface area contributed by atoms with Gasteiger partial charge in [-0.05, 0) is 18.2 Å². The number of benzene rings is 1. The molecule has 0 aliphatic carbocycles. The van der Waals surface area contributed by atoms with Crippen molar-refractivity contribution in [3.63, 3.8) is 0 Å². The van der Waals surface area contributed by atoms with E-state index >= 15 is 0 Å². The number of nitrogens with zero attached hydrogens (tertiary/aromatic N) is 2. The molecule has 112 valence electrons. The summed E-state index contributed by atoms with van der Waals surface area (Å²) in [5.74, 6) is 0.190. The highest BCUT2D eigenvalue weighted by Crippen LogP contribution is 2.37. The molecule has 0 spiro atoms. The number of carbonyl (C=O) groups excluding carboxylic acids is 1. The smallest absolute Gasteiger partial charge is 0.307 e. The number of ether oxygens (including phenoxy) is 2. The molecule has 9 heteroatoms. The van der Waals surface area contributed by atoms with Gasteiger partial charge in [0.25, 0.3) is 5.69 Å². The van der Waals surface area contributed by atoms with Crippen molar-refractivity contribution in [3.05, 3.63) is 52.0 Å². The van der Waals surface area contributed by atoms with Crippen LogP contribution in [0, 0.1) is 10.1 Å². The molecular weight excluding hydrogens is 294 g/mol. The maximum Gasteiger partial charge on any atom is 0.307 e. The van der Waals surface area contributed by atoms with Crippen LogP contribution in [-0.4, -0.2) is 23.8 Å². The first-order chi connectivity index (χ1) is 10.6. The van der Waals surface area contributed by atoms with Gasteiger partial charge in [-0.3, -0.25) is 14.9 Å². The number of hydrogen-bond donors (Lipinski definition) is 1. The van der Waals surface area contributed by atoms with E-state index in [1.165, 1.54) is 24.5 Å². The highest BCUT2D eigenvalue weighted by molar-refractivity contribution is 5.93. The monoisotopic (exact) mass is 303 g/mol. The van der Waals surface area contributed by atoms with E-state index in [1.54, 1.807) is 6.07 Å². The largest absolute Gasteiger partial charge is 0.459 e. The fourth-order valence-corrected chi connectivity index (χ4v) is 1.83. The van der Waals surface area contributed by atoms with Gasteiger partial charge in [0.15, 0.2) is 17.3 Å². The van der Waals surface area contributed by atoms with E-state index in [2.05, 4.69) is 10.5 Å². The van der Waals surface area contributed by atoms with Crippen molar-refractivity contribution in [3.8, 4) is 11.5 Å². The van der Waals surface area contributed by atoms with Crippen LogP contribution in [0.15, 0.2) is 40.0 Å². The maximum atomic E-state index is 11.6. The average molecular weight is 303 g/mol. The first-order valence-electron chi connectivity index (χ1n) is 6.10. The lowest BCUT2D eigenvalue weighted by atomic mass is 10.1. The van der Waals surface area contributed by atoms with E-state index in [4.69, 9.17) is 13.9 Å². The summed E-state index contributed by atoms with van der Waals surface area (Å²) in [6.07, 6.45) is 2.50. The molecule has 1 aliphatic rings. The van der Waals surface area contributed by atoms with E-state index < -0.39 is 10.8 Å². The molecule has 0 unspecified atom stereocenters. The van der Waals surface area contributed by atoms with Gasteiger partial charge in [-0.25, -0.2) is 5.43 Å². The first kappa shape index (κ1) is 13.6. The third-order valence-corrected chi connectivity index (χ3v) is 2.83. The Kier molecular flexibility index (Phi) is 3.44. The third-order valence-electron chi connectivity index (χ3n) is 2.83. The zero-order valence-corrected chi connectivity index (χ0v) is 11.0. The van der Waals surface area contributed by atoms with Crippen molar-refractivity contribution in [2.45, 2.75) is 0 Å². The minimum atomic E-state index is -0.572. The molecule has 2 aromatic rings. The minimum Gasteiger partial charge on any atom is -0.459 e. The number of nitro benzene ring substituents is 1. The number of hydrazone groups is 1. The van der Waals surface area contributed by atoms with Crippen molar-refractivity contribution in [2.75, 3.05) is 6.79 Å². The average Bonchev–Trinajstić information content (AvgIpc) is 3.17. The van der Waals surface area contributed by atoms with Gasteiger partial charge >= 0.3 is 5.91 Å². The van der Waals surface area contributed by atoms with Crippen LogP contribution in [0.25, 0.3) is 0 Å². The second-order valence-electron chi connectivity index (χ2n) is 4.20. The fourth-order valence-electron chi connectivity index (χ4n) is 1.83. The molecule has 3 rings (SSSR count). The SMILES string of the molecule is O=C(N/N=C/c1cc2c(cc1[N+](=O)[O-])OCO2)c1ccco1. The van der Waals surface area contributed by atoms with Crippen LogP contribution in [0.3, 0.4) is 0 Å². The van der Waals surface area contributed by atoms with Crippen LogP contribution in [0.1, 0.15) is 16.1 Å². The summed E-state index contributed by atoms with van der Waals surface area (Å²) in [5, 5.41) is 14.7. The van der Waals surface area contributed by atoms with Crippen LogP contribution in [-0.2, 0) is 0 Å². The quantitative estimate of drug-likeness (QED) is 0.522. The molecule has 0 fully saturated rings. The number of fused-ring (bicyclic) bond motifs is 1. The lowest BCUT2D eigenvalue weighted by molar-refractivity contribution is -0.385. The van der Waals surface area contributed by atoms with Gasteiger partial charge in [-0.1, -0.05) is 0 Å². The Balaban J connectivity index is 1.81. The number of hydrogen-bond acceptors (Lipinski definition) is 7. The predicted molar refractivity (Wildman–Crippen MR) is 73.0 cm³/mol. The van der Waals surface area contributed by atoms with E-state index in [-0.39, 0.29) is 23.8 Å². The Bertz CT molecular complexity index is 753. The normalized spacial score (nSPS) is 12.5. The Morgan fingerprint density at radius 1 is 1.36 bits per heavy atom. The van der Waals surface area contributed by atoms with Crippen LogP contribution in [0.2, 0.25) is 0 Å². The van der Waals surface area contributed by atoms with Crippen LogP contribution in [0.4, 0.5) is 5.69 Å². The van der Waals surface area contributed by atoms with Crippen molar-refractivity contribution >= 4 is 17.8 Å². The Hall–Kier alpha value is -3.36. The number of furan rings is 1. The maximum absolute atomic E-state index is 11.6. The number of rotatable bonds is 4. The topological polar surface area (TPSA) is 116 Å². The van der Waals surface area contributed by atoms with Gasteiger partial charge in [0.2, 0.25) is 6.79 Å². The minimum absolute atomic E-state index is 0.00229. The molecule has 0 radical (unpaired) electrons. The summed E-state index contributed by atoms with van der Waals surface area (Å²) in [5.41, 5.74) is 2.18.